The van der Waals surface area contributed by atoms with Gasteiger partial charge in [0.15, 0.2) is 0 Å². The van der Waals surface area contributed by atoms with Gasteiger partial charge in [0.25, 0.3) is 0 Å². The minimum absolute atomic E-state index is 0.418. The second-order valence-corrected chi connectivity index (χ2v) is 6.58. The molecule has 0 bridgehead atoms. The van der Waals surface area contributed by atoms with E-state index >= 15 is 0 Å². The molecule has 3 unspecified atom stereocenters. The molecular weight excluding hydrogens is 306 g/mol. The maximum absolute atomic E-state index is 4.20. The molecule has 0 amide bonds. The maximum Gasteiger partial charge on any atom is 0.0270 e. The normalized spacial score (nSPS) is 14.6. The fourth-order valence-corrected chi connectivity index (χ4v) is 3.62. The lowest BCUT2D eigenvalue weighted by Crippen LogP contribution is -2.13. The third-order valence-corrected chi connectivity index (χ3v) is 5.18. The smallest absolute Gasteiger partial charge is 0.0270 e. The van der Waals surface area contributed by atoms with Gasteiger partial charge in [-0.3, -0.25) is 15.0 Å². The summed E-state index contributed by atoms with van der Waals surface area (Å²) in [5.41, 5.74) is 4.06. The summed E-state index contributed by atoms with van der Waals surface area (Å²) in [7, 11) is 0. The van der Waals surface area contributed by atoms with Gasteiger partial charge in [-0.25, -0.2) is 0 Å². The number of hydrogen-bond donors (Lipinski definition) is 0. The Kier molecular flexibility index (Phi) is 5.89. The van der Waals surface area contributed by atoms with E-state index in [0.29, 0.717) is 17.8 Å². The zero-order chi connectivity index (χ0) is 17.5. The molecule has 0 saturated heterocycles. The van der Waals surface area contributed by atoms with Crippen molar-refractivity contribution in [2.75, 3.05) is 0 Å². The van der Waals surface area contributed by atoms with Crippen LogP contribution in [0.4, 0.5) is 0 Å². The van der Waals surface area contributed by atoms with Gasteiger partial charge in [0.1, 0.15) is 0 Å². The monoisotopic (exact) mass is 331 g/mol. The lowest BCUT2D eigenvalue weighted by molar-refractivity contribution is 0.467. The Hall–Kier alpha value is -2.55. The van der Waals surface area contributed by atoms with Gasteiger partial charge >= 0.3 is 0 Å². The van der Waals surface area contributed by atoms with Crippen LogP contribution in [0.2, 0.25) is 0 Å². The predicted octanol–water partition coefficient (Wildman–Crippen LogP) is 5.34. The second-order valence-electron chi connectivity index (χ2n) is 6.58. The summed E-state index contributed by atoms with van der Waals surface area (Å²) < 4.78 is 0. The molecule has 3 rings (SSSR count). The predicted molar refractivity (Wildman–Crippen MR) is 102 cm³/mol. The standard InChI is InChI=1S/C22H25N3/c1-3-18(20-6-12-24-13-7-20)16-22(21-8-14-25-15-9-21)17(2)19-4-10-23-11-5-19/h4-15,17-18,22H,3,16H2,1-2H3. The van der Waals surface area contributed by atoms with Gasteiger partial charge in [-0.1, -0.05) is 13.8 Å². The van der Waals surface area contributed by atoms with E-state index in [1.165, 1.54) is 16.7 Å². The topological polar surface area (TPSA) is 38.7 Å². The third kappa shape index (κ3) is 4.30. The summed E-state index contributed by atoms with van der Waals surface area (Å²) in [5.74, 6) is 1.37. The van der Waals surface area contributed by atoms with Crippen molar-refractivity contribution in [1.29, 1.82) is 0 Å². The SMILES string of the molecule is CCC(CC(c1ccncc1)C(C)c1ccncc1)c1ccncc1. The van der Waals surface area contributed by atoms with Crippen molar-refractivity contribution in [3.8, 4) is 0 Å². The number of rotatable bonds is 7. The quantitative estimate of drug-likeness (QED) is 0.586. The Morgan fingerprint density at radius 3 is 1.60 bits per heavy atom. The number of nitrogens with zero attached hydrogens (tertiary/aromatic N) is 3. The number of pyridine rings is 3. The molecule has 3 heteroatoms. The van der Waals surface area contributed by atoms with Crippen LogP contribution in [0.3, 0.4) is 0 Å². The van der Waals surface area contributed by atoms with Crippen molar-refractivity contribution in [3.63, 3.8) is 0 Å². The number of hydrogen-bond acceptors (Lipinski definition) is 3. The molecule has 0 spiro atoms. The molecule has 3 aromatic rings. The van der Waals surface area contributed by atoms with Crippen molar-refractivity contribution in [2.45, 2.75) is 44.4 Å². The Labute approximate surface area is 150 Å². The summed E-state index contributed by atoms with van der Waals surface area (Å²) in [6, 6.07) is 12.9. The van der Waals surface area contributed by atoms with E-state index in [0.717, 1.165) is 12.8 Å². The van der Waals surface area contributed by atoms with E-state index in [1.807, 2.05) is 37.2 Å². The van der Waals surface area contributed by atoms with Crippen molar-refractivity contribution >= 4 is 0 Å². The Balaban J connectivity index is 1.91. The maximum atomic E-state index is 4.20. The Morgan fingerprint density at radius 2 is 1.12 bits per heavy atom. The zero-order valence-electron chi connectivity index (χ0n) is 14.9. The van der Waals surface area contributed by atoms with Gasteiger partial charge in [0.05, 0.1) is 0 Å². The summed E-state index contributed by atoms with van der Waals surface area (Å²) >= 11 is 0. The highest BCUT2D eigenvalue weighted by molar-refractivity contribution is 5.27. The average Bonchev–Trinajstić information content (AvgIpc) is 2.70. The largest absolute Gasteiger partial charge is 0.265 e. The molecule has 0 fully saturated rings. The van der Waals surface area contributed by atoms with Crippen LogP contribution in [-0.4, -0.2) is 15.0 Å². The molecule has 0 aliphatic rings. The van der Waals surface area contributed by atoms with E-state index in [1.54, 1.807) is 0 Å². The van der Waals surface area contributed by atoms with Gasteiger partial charge in [-0.2, -0.15) is 0 Å². The molecule has 3 aromatic heterocycles. The van der Waals surface area contributed by atoms with E-state index in [2.05, 4.69) is 65.2 Å². The first-order chi connectivity index (χ1) is 12.3. The molecule has 25 heavy (non-hydrogen) atoms. The summed E-state index contributed by atoms with van der Waals surface area (Å²) in [4.78, 5) is 12.5. The first kappa shape index (κ1) is 17.3. The van der Waals surface area contributed by atoms with Crippen LogP contribution in [0.1, 0.15) is 61.1 Å². The highest BCUT2D eigenvalue weighted by atomic mass is 14.6. The first-order valence-electron chi connectivity index (χ1n) is 8.99. The average molecular weight is 331 g/mol. The van der Waals surface area contributed by atoms with E-state index in [-0.39, 0.29) is 0 Å². The van der Waals surface area contributed by atoms with Crippen molar-refractivity contribution in [3.05, 3.63) is 90.3 Å². The van der Waals surface area contributed by atoms with Crippen molar-refractivity contribution in [1.82, 2.24) is 15.0 Å². The molecule has 3 heterocycles. The van der Waals surface area contributed by atoms with Crippen LogP contribution in [0.15, 0.2) is 73.6 Å². The van der Waals surface area contributed by atoms with Crippen LogP contribution in [-0.2, 0) is 0 Å². The minimum atomic E-state index is 0.418. The van der Waals surface area contributed by atoms with Crippen LogP contribution in [0.5, 0.6) is 0 Å². The van der Waals surface area contributed by atoms with Gasteiger partial charge < -0.3 is 0 Å². The highest BCUT2D eigenvalue weighted by Gasteiger charge is 2.25. The molecule has 0 N–H and O–H groups in total. The molecule has 0 radical (unpaired) electrons. The molecular formula is C22H25N3. The van der Waals surface area contributed by atoms with E-state index < -0.39 is 0 Å². The molecule has 128 valence electrons. The van der Waals surface area contributed by atoms with Gasteiger partial charge in [0, 0.05) is 37.2 Å². The van der Waals surface area contributed by atoms with E-state index in [9.17, 15) is 0 Å². The molecule has 3 atom stereocenters. The van der Waals surface area contributed by atoms with Crippen LogP contribution < -0.4 is 0 Å². The summed E-state index contributed by atoms with van der Waals surface area (Å²) in [6.07, 6.45) is 13.6. The van der Waals surface area contributed by atoms with Crippen molar-refractivity contribution in [2.24, 2.45) is 0 Å². The lowest BCUT2D eigenvalue weighted by atomic mass is 9.76. The minimum Gasteiger partial charge on any atom is -0.265 e. The molecule has 0 saturated carbocycles. The van der Waals surface area contributed by atoms with E-state index in [4.69, 9.17) is 0 Å². The highest BCUT2D eigenvalue weighted by Crippen LogP contribution is 2.40. The lowest BCUT2D eigenvalue weighted by Gasteiger charge is -2.29. The van der Waals surface area contributed by atoms with Crippen LogP contribution in [0.25, 0.3) is 0 Å². The molecule has 0 aliphatic carbocycles. The van der Waals surface area contributed by atoms with Crippen LogP contribution >= 0.6 is 0 Å². The van der Waals surface area contributed by atoms with Gasteiger partial charge in [-0.05, 0) is 83.7 Å². The van der Waals surface area contributed by atoms with Crippen molar-refractivity contribution < 1.29 is 0 Å². The molecule has 0 aliphatic heterocycles. The summed E-state index contributed by atoms with van der Waals surface area (Å²) in [6.45, 7) is 4.59. The fourth-order valence-electron chi connectivity index (χ4n) is 3.62. The Bertz CT molecular complexity index is 744. The summed E-state index contributed by atoms with van der Waals surface area (Å²) in [5, 5.41) is 0. The zero-order valence-corrected chi connectivity index (χ0v) is 14.9. The number of aromatic nitrogens is 3. The first-order valence-corrected chi connectivity index (χ1v) is 8.99. The van der Waals surface area contributed by atoms with Gasteiger partial charge in [-0.15, -0.1) is 0 Å². The second kappa shape index (κ2) is 8.52. The van der Waals surface area contributed by atoms with Crippen LogP contribution in [0, 0.1) is 0 Å². The van der Waals surface area contributed by atoms with Gasteiger partial charge in [0.2, 0.25) is 0 Å². The fraction of sp³-hybridized carbons (Fsp3) is 0.318. The Morgan fingerprint density at radius 1 is 0.680 bits per heavy atom. The third-order valence-electron chi connectivity index (χ3n) is 5.18. The molecule has 3 nitrogen and oxygen atoms in total. The molecule has 0 aromatic carbocycles.